The molecule has 0 radical (unpaired) electrons. The van der Waals surface area contributed by atoms with E-state index in [0.717, 1.165) is 6.92 Å². The molecule has 1 aliphatic rings. The number of amides is 1. The highest BCUT2D eigenvalue weighted by molar-refractivity contribution is 7.91. The number of sulfone groups is 1. The largest absolute Gasteiger partial charge is 0.494 e. The monoisotopic (exact) mass is 555 g/mol. The lowest BCUT2D eigenvalue weighted by Crippen LogP contribution is -2.34. The minimum absolute atomic E-state index is 0.0252. The number of nitrogens with zero attached hydrogens (tertiary/aromatic N) is 3. The van der Waals surface area contributed by atoms with Crippen LogP contribution in [-0.2, 0) is 16.3 Å². The fraction of sp³-hybridized carbons (Fsp3) is 0.560. The number of rotatable bonds is 9. The lowest BCUT2D eigenvalue weighted by molar-refractivity contribution is -0.138. The number of aromatic nitrogens is 2. The van der Waals surface area contributed by atoms with Gasteiger partial charge in [0.05, 0.1) is 18.0 Å². The van der Waals surface area contributed by atoms with Crippen LogP contribution in [0.5, 0.6) is 5.75 Å². The Labute approximate surface area is 220 Å². The van der Waals surface area contributed by atoms with Gasteiger partial charge in [0.15, 0.2) is 11.4 Å². The molecular formula is C25H32F3N5O4S. The zero-order valence-electron chi connectivity index (χ0n) is 21.7. The van der Waals surface area contributed by atoms with Crippen molar-refractivity contribution in [3.05, 3.63) is 35.4 Å². The molecule has 0 bridgehead atoms. The minimum atomic E-state index is -4.44. The normalized spacial score (nSPS) is 18.9. The third-order valence-corrected chi connectivity index (χ3v) is 8.51. The molecule has 0 aliphatic heterocycles. The number of benzene rings is 1. The minimum Gasteiger partial charge on any atom is -0.494 e. The SMILES string of the molecule is CCc1nc(C(=O)NCC2CCC(S(C)(=O)=O)CC2)c(C#N)n1-c1ccc(N[C@H](C)C(F)(F)F)cc1OC. The molecule has 13 heteroatoms. The number of imidazole rings is 1. The lowest BCUT2D eigenvalue weighted by atomic mass is 9.89. The molecule has 1 aromatic carbocycles. The summed E-state index contributed by atoms with van der Waals surface area (Å²) in [6, 6.07) is 4.58. The fourth-order valence-electron chi connectivity index (χ4n) is 4.59. The molecule has 0 unspecified atom stereocenters. The molecule has 1 aliphatic carbocycles. The van der Waals surface area contributed by atoms with E-state index in [1.807, 2.05) is 6.07 Å². The van der Waals surface area contributed by atoms with Gasteiger partial charge in [-0.05, 0) is 50.7 Å². The van der Waals surface area contributed by atoms with Gasteiger partial charge >= 0.3 is 6.18 Å². The number of aryl methyl sites for hydroxylation is 1. The number of halogens is 3. The number of carbonyl (C=O) groups excluding carboxylic acids is 1. The Morgan fingerprint density at radius 1 is 1.29 bits per heavy atom. The van der Waals surface area contributed by atoms with Crippen LogP contribution in [0.25, 0.3) is 5.69 Å². The van der Waals surface area contributed by atoms with E-state index in [4.69, 9.17) is 4.74 Å². The summed E-state index contributed by atoms with van der Waals surface area (Å²) < 4.78 is 69.4. The van der Waals surface area contributed by atoms with E-state index >= 15 is 0 Å². The smallest absolute Gasteiger partial charge is 0.408 e. The van der Waals surface area contributed by atoms with Gasteiger partial charge < -0.3 is 15.4 Å². The van der Waals surface area contributed by atoms with Crippen LogP contribution in [0.1, 0.15) is 61.5 Å². The summed E-state index contributed by atoms with van der Waals surface area (Å²) in [5.74, 6) is 0.191. The second-order valence-corrected chi connectivity index (χ2v) is 11.8. The number of hydrogen-bond acceptors (Lipinski definition) is 7. The van der Waals surface area contributed by atoms with Gasteiger partial charge in [0.25, 0.3) is 5.91 Å². The Morgan fingerprint density at radius 2 is 1.95 bits per heavy atom. The molecule has 1 heterocycles. The van der Waals surface area contributed by atoms with Crippen LogP contribution in [0.4, 0.5) is 18.9 Å². The maximum atomic E-state index is 13.0. The molecule has 0 saturated heterocycles. The molecular weight excluding hydrogens is 523 g/mol. The van der Waals surface area contributed by atoms with E-state index in [1.165, 1.54) is 36.1 Å². The number of methoxy groups -OCH3 is 1. The number of ether oxygens (including phenoxy) is 1. The Hall–Kier alpha value is -3.27. The first-order valence-electron chi connectivity index (χ1n) is 12.3. The van der Waals surface area contributed by atoms with E-state index in [0.29, 0.717) is 50.2 Å². The van der Waals surface area contributed by atoms with Gasteiger partial charge in [0.1, 0.15) is 33.5 Å². The van der Waals surface area contributed by atoms with Gasteiger partial charge in [-0.15, -0.1) is 0 Å². The van der Waals surface area contributed by atoms with Crippen molar-refractivity contribution < 1.29 is 31.1 Å². The van der Waals surface area contributed by atoms with Crippen molar-refractivity contribution in [2.75, 3.05) is 25.2 Å². The van der Waals surface area contributed by atoms with Crippen LogP contribution in [0, 0.1) is 17.2 Å². The zero-order chi connectivity index (χ0) is 28.3. The van der Waals surface area contributed by atoms with E-state index in [-0.39, 0.29) is 34.0 Å². The number of alkyl halides is 3. The quantitative estimate of drug-likeness (QED) is 0.479. The summed E-state index contributed by atoms with van der Waals surface area (Å²) >= 11 is 0. The first-order valence-corrected chi connectivity index (χ1v) is 14.3. The maximum absolute atomic E-state index is 13.0. The van der Waals surface area contributed by atoms with Crippen molar-refractivity contribution in [3.8, 4) is 17.5 Å². The molecule has 208 valence electrons. The molecule has 1 saturated carbocycles. The van der Waals surface area contributed by atoms with E-state index < -0.39 is 28.0 Å². The number of nitriles is 1. The average molecular weight is 556 g/mol. The lowest BCUT2D eigenvalue weighted by Gasteiger charge is -2.27. The maximum Gasteiger partial charge on any atom is 0.408 e. The third kappa shape index (κ3) is 6.59. The highest BCUT2D eigenvalue weighted by atomic mass is 32.2. The van der Waals surface area contributed by atoms with Crippen molar-refractivity contribution >= 4 is 21.4 Å². The molecule has 1 fully saturated rings. The van der Waals surface area contributed by atoms with Gasteiger partial charge in [-0.1, -0.05) is 6.92 Å². The second kappa shape index (κ2) is 11.6. The van der Waals surface area contributed by atoms with Crippen molar-refractivity contribution in [2.24, 2.45) is 5.92 Å². The molecule has 1 atom stereocenters. The average Bonchev–Trinajstić information content (AvgIpc) is 3.25. The Kier molecular flexibility index (Phi) is 8.97. The summed E-state index contributed by atoms with van der Waals surface area (Å²) in [5.41, 5.74) is 0.444. The van der Waals surface area contributed by atoms with Crippen LogP contribution in [0.3, 0.4) is 0 Å². The van der Waals surface area contributed by atoms with Gasteiger partial charge in [-0.2, -0.15) is 18.4 Å². The van der Waals surface area contributed by atoms with Crippen molar-refractivity contribution in [1.82, 2.24) is 14.9 Å². The standard InChI is InChI=1S/C25H32F3N5O4S/c1-5-22-32-23(24(34)30-14-16-6-9-18(10-7-16)38(4,35)36)20(13-29)33(22)19-11-8-17(12-21(19)37-3)31-15(2)25(26,27)28/h8,11-12,15-16,18,31H,5-7,9-10,14H2,1-4H3,(H,30,34)/t15-,16?,18?/m1/s1. The van der Waals surface area contributed by atoms with Crippen LogP contribution in [-0.4, -0.2) is 61.3 Å². The summed E-state index contributed by atoms with van der Waals surface area (Å²) in [6.45, 7) is 3.13. The van der Waals surface area contributed by atoms with Crippen molar-refractivity contribution in [2.45, 2.75) is 63.4 Å². The van der Waals surface area contributed by atoms with Crippen molar-refractivity contribution in [3.63, 3.8) is 0 Å². The molecule has 3 rings (SSSR count). The summed E-state index contributed by atoms with van der Waals surface area (Å²) in [6.07, 6.45) is -0.397. The molecule has 2 aromatic rings. The predicted molar refractivity (Wildman–Crippen MR) is 136 cm³/mol. The predicted octanol–water partition coefficient (Wildman–Crippen LogP) is 4.01. The molecule has 9 nitrogen and oxygen atoms in total. The van der Waals surface area contributed by atoms with Crippen LogP contribution in [0.2, 0.25) is 0 Å². The Bertz CT molecular complexity index is 1310. The third-order valence-electron chi connectivity index (χ3n) is 6.83. The fourth-order valence-corrected chi connectivity index (χ4v) is 5.72. The van der Waals surface area contributed by atoms with Gasteiger partial charge in [-0.3, -0.25) is 9.36 Å². The first kappa shape index (κ1) is 29.3. The number of anilines is 1. The van der Waals surface area contributed by atoms with Gasteiger partial charge in [0.2, 0.25) is 0 Å². The van der Waals surface area contributed by atoms with Gasteiger partial charge in [0, 0.05) is 31.0 Å². The van der Waals surface area contributed by atoms with Gasteiger partial charge in [-0.25, -0.2) is 13.4 Å². The molecule has 1 aromatic heterocycles. The molecule has 1 amide bonds. The highest BCUT2D eigenvalue weighted by Gasteiger charge is 2.36. The second-order valence-electron chi connectivity index (χ2n) is 9.50. The first-order chi connectivity index (χ1) is 17.8. The number of nitrogens with one attached hydrogen (secondary N) is 2. The summed E-state index contributed by atoms with van der Waals surface area (Å²) in [4.78, 5) is 17.4. The van der Waals surface area contributed by atoms with Crippen LogP contribution >= 0.6 is 0 Å². The Morgan fingerprint density at radius 3 is 2.47 bits per heavy atom. The van der Waals surface area contributed by atoms with E-state index in [9.17, 15) is 31.6 Å². The van der Waals surface area contributed by atoms with E-state index in [2.05, 4.69) is 15.6 Å². The van der Waals surface area contributed by atoms with Crippen LogP contribution < -0.4 is 15.4 Å². The van der Waals surface area contributed by atoms with E-state index in [1.54, 1.807) is 6.92 Å². The topological polar surface area (TPSA) is 126 Å². The highest BCUT2D eigenvalue weighted by Crippen LogP contribution is 2.32. The molecule has 0 spiro atoms. The summed E-state index contributed by atoms with van der Waals surface area (Å²) in [7, 11) is -1.73. The number of carbonyl (C=O) groups is 1. The van der Waals surface area contributed by atoms with Crippen LogP contribution in [0.15, 0.2) is 18.2 Å². The zero-order valence-corrected chi connectivity index (χ0v) is 22.5. The van der Waals surface area contributed by atoms with Crippen molar-refractivity contribution in [1.29, 1.82) is 5.26 Å². The number of hydrogen-bond donors (Lipinski definition) is 2. The molecule has 2 N–H and O–H groups in total. The molecule has 38 heavy (non-hydrogen) atoms. The Balaban J connectivity index is 1.83. The summed E-state index contributed by atoms with van der Waals surface area (Å²) in [5, 5.41) is 14.8.